The lowest BCUT2D eigenvalue weighted by Crippen LogP contribution is -2.31. The van der Waals surface area contributed by atoms with E-state index in [2.05, 4.69) is 5.32 Å². The molecule has 0 saturated carbocycles. The van der Waals surface area contributed by atoms with E-state index in [1.165, 1.54) is 6.92 Å². The monoisotopic (exact) mass is 388 g/mol. The third kappa shape index (κ3) is 3.23. The van der Waals surface area contributed by atoms with Gasteiger partial charge in [0.1, 0.15) is 5.03 Å². The van der Waals surface area contributed by atoms with Crippen molar-refractivity contribution in [1.29, 1.82) is 0 Å². The molecule has 1 N–H and O–H groups in total. The van der Waals surface area contributed by atoms with E-state index >= 15 is 0 Å². The SMILES string of the molecule is CC(=O)Nc1ccc(C2=C(Cl)C(=O)N(c3cc(Cl)ccc3C)C2=O)cc1. The number of rotatable bonds is 3. The number of halogens is 2. The van der Waals surface area contributed by atoms with E-state index in [1.807, 2.05) is 0 Å². The Morgan fingerprint density at radius 2 is 1.65 bits per heavy atom. The summed E-state index contributed by atoms with van der Waals surface area (Å²) < 4.78 is 0. The first-order valence-electron chi connectivity index (χ1n) is 7.72. The van der Waals surface area contributed by atoms with Crippen molar-refractivity contribution in [2.75, 3.05) is 10.2 Å². The van der Waals surface area contributed by atoms with Crippen LogP contribution in [0.15, 0.2) is 47.5 Å². The van der Waals surface area contributed by atoms with Gasteiger partial charge in [0.25, 0.3) is 11.8 Å². The Kier molecular flexibility index (Phi) is 4.85. The number of carbonyl (C=O) groups excluding carboxylic acids is 3. The number of benzene rings is 2. The maximum absolute atomic E-state index is 12.9. The fraction of sp³-hybridized carbons (Fsp3) is 0.105. The number of hydrogen-bond acceptors (Lipinski definition) is 3. The maximum Gasteiger partial charge on any atom is 0.277 e. The Hall–Kier alpha value is -2.63. The molecular formula is C19H14Cl2N2O3. The summed E-state index contributed by atoms with van der Waals surface area (Å²) in [6.45, 7) is 3.18. The minimum Gasteiger partial charge on any atom is -0.326 e. The first kappa shape index (κ1) is 18.2. The van der Waals surface area contributed by atoms with E-state index in [1.54, 1.807) is 49.4 Å². The Morgan fingerprint density at radius 1 is 1.00 bits per heavy atom. The van der Waals surface area contributed by atoms with Gasteiger partial charge in [-0.25, -0.2) is 4.90 Å². The first-order chi connectivity index (χ1) is 12.3. The summed E-state index contributed by atoms with van der Waals surface area (Å²) in [6, 6.07) is 11.5. The van der Waals surface area contributed by atoms with Gasteiger partial charge in [0.2, 0.25) is 5.91 Å². The lowest BCUT2D eigenvalue weighted by molar-refractivity contribution is -0.120. The van der Waals surface area contributed by atoms with Crippen molar-refractivity contribution < 1.29 is 14.4 Å². The molecule has 0 fully saturated rings. The van der Waals surface area contributed by atoms with Crippen LogP contribution in [0, 0.1) is 6.92 Å². The summed E-state index contributed by atoms with van der Waals surface area (Å²) in [6.07, 6.45) is 0. The molecule has 1 aliphatic heterocycles. The molecule has 5 nitrogen and oxygen atoms in total. The van der Waals surface area contributed by atoms with Crippen LogP contribution in [0.25, 0.3) is 5.57 Å². The van der Waals surface area contributed by atoms with Crippen molar-refractivity contribution in [2.24, 2.45) is 0 Å². The molecule has 3 rings (SSSR count). The maximum atomic E-state index is 12.9. The van der Waals surface area contributed by atoms with Gasteiger partial charge in [-0.3, -0.25) is 14.4 Å². The molecule has 0 radical (unpaired) electrons. The lowest BCUT2D eigenvalue weighted by atomic mass is 10.1. The van der Waals surface area contributed by atoms with Gasteiger partial charge in [0.05, 0.1) is 11.3 Å². The predicted octanol–water partition coefficient (Wildman–Crippen LogP) is 4.13. The molecule has 3 amide bonds. The molecule has 0 atom stereocenters. The smallest absolute Gasteiger partial charge is 0.277 e. The second-order valence-electron chi connectivity index (χ2n) is 5.82. The molecule has 26 heavy (non-hydrogen) atoms. The molecule has 2 aromatic rings. The highest BCUT2D eigenvalue weighted by Gasteiger charge is 2.39. The molecule has 0 spiro atoms. The number of anilines is 2. The average molecular weight is 389 g/mol. The highest BCUT2D eigenvalue weighted by molar-refractivity contribution is 6.60. The van der Waals surface area contributed by atoms with Gasteiger partial charge in [0, 0.05) is 17.6 Å². The van der Waals surface area contributed by atoms with E-state index in [-0.39, 0.29) is 16.5 Å². The fourth-order valence-electron chi connectivity index (χ4n) is 2.72. The quantitative estimate of drug-likeness (QED) is 0.803. The van der Waals surface area contributed by atoms with Crippen LogP contribution in [-0.2, 0) is 14.4 Å². The molecule has 1 aliphatic rings. The third-order valence-electron chi connectivity index (χ3n) is 3.93. The number of aryl methyl sites for hydroxylation is 1. The van der Waals surface area contributed by atoms with Gasteiger partial charge in [-0.15, -0.1) is 0 Å². The summed E-state index contributed by atoms with van der Waals surface area (Å²) in [7, 11) is 0. The van der Waals surface area contributed by atoms with Crippen LogP contribution >= 0.6 is 23.2 Å². The number of amides is 3. The van der Waals surface area contributed by atoms with Gasteiger partial charge in [-0.1, -0.05) is 41.4 Å². The largest absolute Gasteiger partial charge is 0.326 e. The Morgan fingerprint density at radius 3 is 2.27 bits per heavy atom. The van der Waals surface area contributed by atoms with E-state index in [9.17, 15) is 14.4 Å². The zero-order chi connectivity index (χ0) is 19.0. The van der Waals surface area contributed by atoms with Crippen LogP contribution < -0.4 is 10.2 Å². The molecular weight excluding hydrogens is 375 g/mol. The second kappa shape index (κ2) is 6.94. The Labute approximate surface area is 160 Å². The van der Waals surface area contributed by atoms with Crippen LogP contribution in [0.3, 0.4) is 0 Å². The van der Waals surface area contributed by atoms with E-state index in [0.717, 1.165) is 10.5 Å². The van der Waals surface area contributed by atoms with E-state index < -0.39 is 11.8 Å². The van der Waals surface area contributed by atoms with Gasteiger partial charge in [-0.2, -0.15) is 0 Å². The third-order valence-corrected chi connectivity index (χ3v) is 4.52. The van der Waals surface area contributed by atoms with Gasteiger partial charge >= 0.3 is 0 Å². The summed E-state index contributed by atoms with van der Waals surface area (Å²) >= 11 is 12.2. The summed E-state index contributed by atoms with van der Waals surface area (Å²) in [4.78, 5) is 37.6. The predicted molar refractivity (Wildman–Crippen MR) is 102 cm³/mol. The molecule has 132 valence electrons. The minimum atomic E-state index is -0.594. The highest BCUT2D eigenvalue weighted by atomic mass is 35.5. The van der Waals surface area contributed by atoms with E-state index in [0.29, 0.717) is 22.0 Å². The fourth-order valence-corrected chi connectivity index (χ4v) is 3.16. The average Bonchev–Trinajstić information content (AvgIpc) is 2.80. The Bertz CT molecular complexity index is 965. The van der Waals surface area contributed by atoms with Gasteiger partial charge in [-0.05, 0) is 42.3 Å². The van der Waals surface area contributed by atoms with Crippen molar-refractivity contribution in [1.82, 2.24) is 0 Å². The van der Waals surface area contributed by atoms with Crippen LogP contribution in [0.1, 0.15) is 18.1 Å². The lowest BCUT2D eigenvalue weighted by Gasteiger charge is -2.17. The van der Waals surface area contributed by atoms with Crippen LogP contribution in [0.5, 0.6) is 0 Å². The van der Waals surface area contributed by atoms with Gasteiger partial charge in [0.15, 0.2) is 0 Å². The molecule has 1 heterocycles. The molecule has 0 saturated heterocycles. The molecule has 0 bridgehead atoms. The number of imide groups is 1. The number of nitrogens with one attached hydrogen (secondary N) is 1. The normalized spacial score (nSPS) is 14.2. The standard InChI is InChI=1S/C19H14Cl2N2O3/c1-10-3-6-13(20)9-15(10)23-18(25)16(17(21)19(23)26)12-4-7-14(8-5-12)22-11(2)24/h3-9H,1-2H3,(H,22,24). The van der Waals surface area contributed by atoms with Crippen LogP contribution in [0.2, 0.25) is 5.02 Å². The molecule has 0 unspecified atom stereocenters. The minimum absolute atomic E-state index is 0.116. The molecule has 0 aromatic heterocycles. The van der Waals surface area contributed by atoms with Crippen molar-refractivity contribution >= 4 is 57.9 Å². The van der Waals surface area contributed by atoms with Crippen molar-refractivity contribution in [3.05, 3.63) is 63.6 Å². The summed E-state index contributed by atoms with van der Waals surface area (Å²) in [5, 5.41) is 2.90. The molecule has 0 aliphatic carbocycles. The summed E-state index contributed by atoms with van der Waals surface area (Å²) in [5.41, 5.74) is 2.31. The zero-order valence-electron chi connectivity index (χ0n) is 14.0. The van der Waals surface area contributed by atoms with Crippen LogP contribution in [-0.4, -0.2) is 17.7 Å². The van der Waals surface area contributed by atoms with Crippen molar-refractivity contribution in [2.45, 2.75) is 13.8 Å². The Balaban J connectivity index is 1.99. The van der Waals surface area contributed by atoms with Crippen molar-refractivity contribution in [3.8, 4) is 0 Å². The zero-order valence-corrected chi connectivity index (χ0v) is 15.5. The number of nitrogens with zero attached hydrogens (tertiary/aromatic N) is 1. The molecule has 7 heteroatoms. The van der Waals surface area contributed by atoms with Crippen LogP contribution in [0.4, 0.5) is 11.4 Å². The first-order valence-corrected chi connectivity index (χ1v) is 8.48. The number of hydrogen-bond donors (Lipinski definition) is 1. The van der Waals surface area contributed by atoms with E-state index in [4.69, 9.17) is 23.2 Å². The highest BCUT2D eigenvalue weighted by Crippen LogP contribution is 2.37. The van der Waals surface area contributed by atoms with Gasteiger partial charge < -0.3 is 5.32 Å². The topological polar surface area (TPSA) is 66.5 Å². The summed E-state index contributed by atoms with van der Waals surface area (Å²) in [5.74, 6) is -1.31. The molecule has 2 aromatic carbocycles. The van der Waals surface area contributed by atoms with Crippen molar-refractivity contribution in [3.63, 3.8) is 0 Å². The second-order valence-corrected chi connectivity index (χ2v) is 6.64. The number of carbonyl (C=O) groups is 3.